The Morgan fingerprint density at radius 3 is 2.40 bits per heavy atom. The van der Waals surface area contributed by atoms with Gasteiger partial charge in [-0.05, 0) is 31.6 Å². The van der Waals surface area contributed by atoms with Crippen LogP contribution in [-0.4, -0.2) is 0 Å². The molecule has 1 aliphatic carbocycles. The summed E-state index contributed by atoms with van der Waals surface area (Å²) in [6.07, 6.45) is 11.7. The van der Waals surface area contributed by atoms with Crippen molar-refractivity contribution in [3.05, 3.63) is 12.2 Å². The van der Waals surface area contributed by atoms with Crippen LogP contribution in [0.4, 0.5) is 0 Å². The highest BCUT2D eigenvalue weighted by Gasteiger charge is 2.32. The number of hydrogen-bond donors (Lipinski definition) is 0. The molecule has 0 aliphatic heterocycles. The van der Waals surface area contributed by atoms with E-state index < -0.39 is 0 Å². The largest absolute Gasteiger partial charge is 0.0911 e. The Bertz CT molecular complexity index is 118. The van der Waals surface area contributed by atoms with Gasteiger partial charge in [0, 0.05) is 0 Å². The standard InChI is InChI=1S/C10H18/c1-3-6-10(7-4-2)8-5-9-10/h3,6H,4-5,7-9H2,1-2H3/b6-3-. The Balaban J connectivity index is 2.42. The molecule has 0 heterocycles. The van der Waals surface area contributed by atoms with Gasteiger partial charge in [-0.25, -0.2) is 0 Å². The fraction of sp³-hybridized carbons (Fsp3) is 0.800. The zero-order chi connectivity index (χ0) is 7.45. The van der Waals surface area contributed by atoms with Crippen molar-refractivity contribution in [2.45, 2.75) is 46.0 Å². The van der Waals surface area contributed by atoms with Crippen molar-refractivity contribution in [3.8, 4) is 0 Å². The van der Waals surface area contributed by atoms with Crippen molar-refractivity contribution in [2.75, 3.05) is 0 Å². The maximum atomic E-state index is 2.42. The highest BCUT2D eigenvalue weighted by molar-refractivity contribution is 5.03. The minimum Gasteiger partial charge on any atom is -0.0911 e. The summed E-state index contributed by atoms with van der Waals surface area (Å²) in [5.41, 5.74) is 0.642. The van der Waals surface area contributed by atoms with Gasteiger partial charge in [0.2, 0.25) is 0 Å². The van der Waals surface area contributed by atoms with Crippen LogP contribution in [0.2, 0.25) is 0 Å². The average Bonchev–Trinajstić information content (AvgIpc) is 1.84. The predicted molar refractivity (Wildman–Crippen MR) is 46.0 cm³/mol. The van der Waals surface area contributed by atoms with Gasteiger partial charge in [-0.1, -0.05) is 31.9 Å². The Labute approximate surface area is 64.3 Å². The maximum absolute atomic E-state index is 2.42. The molecule has 0 spiro atoms. The molecule has 0 aromatic rings. The molecule has 1 rings (SSSR count). The summed E-state index contributed by atoms with van der Waals surface area (Å²) in [6, 6.07) is 0. The summed E-state index contributed by atoms with van der Waals surface area (Å²) in [5.74, 6) is 0. The minimum absolute atomic E-state index is 0.642. The van der Waals surface area contributed by atoms with E-state index in [1.807, 2.05) is 0 Å². The Hall–Kier alpha value is -0.260. The summed E-state index contributed by atoms with van der Waals surface area (Å²) < 4.78 is 0. The molecular formula is C10H18. The fourth-order valence-corrected chi connectivity index (χ4v) is 1.98. The van der Waals surface area contributed by atoms with Crippen LogP contribution in [0.5, 0.6) is 0 Å². The number of hydrogen-bond acceptors (Lipinski definition) is 0. The monoisotopic (exact) mass is 138 g/mol. The van der Waals surface area contributed by atoms with Crippen LogP contribution < -0.4 is 0 Å². The molecule has 0 heteroatoms. The van der Waals surface area contributed by atoms with Crippen molar-refractivity contribution in [2.24, 2.45) is 5.41 Å². The third-order valence-corrected chi connectivity index (χ3v) is 2.62. The smallest absolute Gasteiger partial charge is 0.0118 e. The molecule has 0 amide bonds. The normalized spacial score (nSPS) is 23.0. The lowest BCUT2D eigenvalue weighted by Gasteiger charge is -2.39. The van der Waals surface area contributed by atoms with Crippen LogP contribution in [0.1, 0.15) is 46.0 Å². The van der Waals surface area contributed by atoms with Crippen LogP contribution in [0.25, 0.3) is 0 Å². The first-order chi connectivity index (χ1) is 4.83. The molecule has 0 aromatic heterocycles. The molecule has 1 aliphatic rings. The van der Waals surface area contributed by atoms with E-state index in [1.54, 1.807) is 0 Å². The first-order valence-electron chi connectivity index (χ1n) is 4.47. The van der Waals surface area contributed by atoms with Gasteiger partial charge in [-0.15, -0.1) is 0 Å². The number of rotatable bonds is 3. The lowest BCUT2D eigenvalue weighted by molar-refractivity contribution is 0.185. The Morgan fingerprint density at radius 2 is 2.10 bits per heavy atom. The summed E-state index contributed by atoms with van der Waals surface area (Å²) in [7, 11) is 0. The van der Waals surface area contributed by atoms with Crippen LogP contribution in [0.15, 0.2) is 12.2 Å². The maximum Gasteiger partial charge on any atom is -0.0118 e. The second-order valence-corrected chi connectivity index (χ2v) is 3.47. The van der Waals surface area contributed by atoms with E-state index in [1.165, 1.54) is 32.1 Å². The molecule has 0 N–H and O–H groups in total. The molecule has 0 aromatic carbocycles. The van der Waals surface area contributed by atoms with Gasteiger partial charge in [0.15, 0.2) is 0 Å². The third-order valence-electron chi connectivity index (χ3n) is 2.62. The van der Waals surface area contributed by atoms with E-state index in [4.69, 9.17) is 0 Å². The van der Waals surface area contributed by atoms with E-state index >= 15 is 0 Å². The topological polar surface area (TPSA) is 0 Å². The summed E-state index contributed by atoms with van der Waals surface area (Å²) in [4.78, 5) is 0. The molecule has 0 bridgehead atoms. The molecule has 10 heavy (non-hydrogen) atoms. The molecule has 0 nitrogen and oxygen atoms in total. The van der Waals surface area contributed by atoms with Gasteiger partial charge in [0.25, 0.3) is 0 Å². The zero-order valence-corrected chi connectivity index (χ0v) is 7.19. The van der Waals surface area contributed by atoms with Crippen LogP contribution in [-0.2, 0) is 0 Å². The van der Waals surface area contributed by atoms with Crippen molar-refractivity contribution in [3.63, 3.8) is 0 Å². The van der Waals surface area contributed by atoms with Gasteiger partial charge >= 0.3 is 0 Å². The van der Waals surface area contributed by atoms with E-state index in [9.17, 15) is 0 Å². The zero-order valence-electron chi connectivity index (χ0n) is 7.19. The molecule has 58 valence electrons. The van der Waals surface area contributed by atoms with E-state index in [-0.39, 0.29) is 0 Å². The summed E-state index contributed by atoms with van der Waals surface area (Å²) >= 11 is 0. The molecule has 1 saturated carbocycles. The van der Waals surface area contributed by atoms with Crippen LogP contribution in [0, 0.1) is 5.41 Å². The lowest BCUT2D eigenvalue weighted by Crippen LogP contribution is -2.26. The molecular weight excluding hydrogens is 120 g/mol. The van der Waals surface area contributed by atoms with Crippen LogP contribution in [0.3, 0.4) is 0 Å². The average molecular weight is 138 g/mol. The van der Waals surface area contributed by atoms with Crippen LogP contribution >= 0.6 is 0 Å². The first kappa shape index (κ1) is 7.84. The SMILES string of the molecule is C/C=C\C1(CCC)CCC1. The second-order valence-electron chi connectivity index (χ2n) is 3.47. The van der Waals surface area contributed by atoms with Crippen molar-refractivity contribution < 1.29 is 0 Å². The second kappa shape index (κ2) is 3.23. The van der Waals surface area contributed by atoms with Gasteiger partial charge in [0.1, 0.15) is 0 Å². The molecule has 0 radical (unpaired) electrons. The fourth-order valence-electron chi connectivity index (χ4n) is 1.98. The molecule has 1 fully saturated rings. The Kier molecular flexibility index (Phi) is 2.53. The van der Waals surface area contributed by atoms with Gasteiger partial charge < -0.3 is 0 Å². The van der Waals surface area contributed by atoms with Crippen molar-refractivity contribution in [1.82, 2.24) is 0 Å². The lowest BCUT2D eigenvalue weighted by atomic mass is 9.66. The quantitative estimate of drug-likeness (QED) is 0.523. The van der Waals surface area contributed by atoms with Gasteiger partial charge in [-0.3, -0.25) is 0 Å². The van der Waals surface area contributed by atoms with Crippen molar-refractivity contribution in [1.29, 1.82) is 0 Å². The highest BCUT2D eigenvalue weighted by Crippen LogP contribution is 2.45. The molecule has 0 unspecified atom stereocenters. The predicted octanol–water partition coefficient (Wildman–Crippen LogP) is 3.53. The van der Waals surface area contributed by atoms with Gasteiger partial charge in [0.05, 0.1) is 0 Å². The number of allylic oxidation sites excluding steroid dienone is 2. The van der Waals surface area contributed by atoms with Gasteiger partial charge in [-0.2, -0.15) is 0 Å². The highest BCUT2D eigenvalue weighted by atomic mass is 14.4. The first-order valence-corrected chi connectivity index (χ1v) is 4.47. The third kappa shape index (κ3) is 1.42. The molecule has 0 saturated heterocycles. The minimum atomic E-state index is 0.642. The van der Waals surface area contributed by atoms with Crippen molar-refractivity contribution >= 4 is 0 Å². The van der Waals surface area contributed by atoms with E-state index in [0.717, 1.165) is 0 Å². The van der Waals surface area contributed by atoms with E-state index in [0.29, 0.717) is 5.41 Å². The van der Waals surface area contributed by atoms with E-state index in [2.05, 4.69) is 26.0 Å². The Morgan fingerprint density at radius 1 is 1.40 bits per heavy atom. The summed E-state index contributed by atoms with van der Waals surface area (Å²) in [5, 5.41) is 0. The summed E-state index contributed by atoms with van der Waals surface area (Å²) in [6.45, 7) is 4.42. The molecule has 0 atom stereocenters.